The van der Waals surface area contributed by atoms with E-state index >= 15 is 0 Å². The third-order valence-corrected chi connectivity index (χ3v) is 2.61. The monoisotopic (exact) mass is 318 g/mol. The molecule has 0 aliphatic carbocycles. The van der Waals surface area contributed by atoms with Crippen LogP contribution in [0.5, 0.6) is 5.75 Å². The van der Waals surface area contributed by atoms with Crippen LogP contribution in [0.1, 0.15) is 5.56 Å². The molecule has 22 heavy (non-hydrogen) atoms. The molecule has 9 heteroatoms. The van der Waals surface area contributed by atoms with Gasteiger partial charge in [0.05, 0.1) is 6.61 Å². The predicted molar refractivity (Wildman–Crippen MR) is 71.8 cm³/mol. The van der Waals surface area contributed by atoms with E-state index in [4.69, 9.17) is 10.2 Å². The van der Waals surface area contributed by atoms with E-state index in [1.165, 1.54) is 24.3 Å². The van der Waals surface area contributed by atoms with Gasteiger partial charge < -0.3 is 25.6 Å². The summed E-state index contributed by atoms with van der Waals surface area (Å²) in [7, 11) is 0. The number of alkyl halides is 2. The summed E-state index contributed by atoms with van der Waals surface area (Å²) in [5.41, 5.74) is 0.555. The summed E-state index contributed by atoms with van der Waals surface area (Å²) in [4.78, 5) is 22.5. The quantitative estimate of drug-likeness (QED) is 0.561. The van der Waals surface area contributed by atoms with Crippen LogP contribution in [0.25, 0.3) is 0 Å². The number of hydrogen-bond acceptors (Lipinski definition) is 4. The fourth-order valence-corrected chi connectivity index (χ4v) is 1.70. The van der Waals surface area contributed by atoms with E-state index in [0.29, 0.717) is 5.56 Å². The van der Waals surface area contributed by atoms with Gasteiger partial charge in [-0.15, -0.1) is 0 Å². The first-order chi connectivity index (χ1) is 10.4. The number of rotatable bonds is 8. The highest BCUT2D eigenvalue weighted by atomic mass is 19.3. The molecule has 122 valence electrons. The Labute approximate surface area is 124 Å². The van der Waals surface area contributed by atoms with E-state index < -0.39 is 24.7 Å². The zero-order chi connectivity index (χ0) is 16.5. The van der Waals surface area contributed by atoms with Crippen molar-refractivity contribution in [2.75, 3.05) is 13.2 Å². The topological polar surface area (TPSA) is 108 Å². The first-order valence-electron chi connectivity index (χ1n) is 6.34. The van der Waals surface area contributed by atoms with Crippen molar-refractivity contribution < 1.29 is 33.3 Å². The summed E-state index contributed by atoms with van der Waals surface area (Å²) in [5.74, 6) is -0.629. The molecule has 2 amide bonds. The Balaban J connectivity index is 2.71. The second kappa shape index (κ2) is 8.78. The van der Waals surface area contributed by atoms with E-state index in [0.717, 1.165) is 0 Å². The van der Waals surface area contributed by atoms with Crippen LogP contribution < -0.4 is 15.4 Å². The zero-order valence-electron chi connectivity index (χ0n) is 11.5. The molecule has 0 fully saturated rings. The van der Waals surface area contributed by atoms with E-state index in [9.17, 15) is 18.4 Å². The number of halogens is 2. The van der Waals surface area contributed by atoms with E-state index in [1.54, 1.807) is 0 Å². The number of hydrogen-bond donors (Lipinski definition) is 4. The zero-order valence-corrected chi connectivity index (χ0v) is 11.5. The molecule has 0 radical (unpaired) electrons. The Hall–Kier alpha value is -2.42. The second-order valence-electron chi connectivity index (χ2n) is 4.24. The van der Waals surface area contributed by atoms with Crippen molar-refractivity contribution in [1.82, 2.24) is 10.6 Å². The molecular weight excluding hydrogens is 302 g/mol. The normalized spacial score (nSPS) is 11.8. The van der Waals surface area contributed by atoms with Crippen molar-refractivity contribution >= 4 is 12.0 Å². The minimum Gasteiger partial charge on any atom is -0.465 e. The van der Waals surface area contributed by atoms with Crippen LogP contribution in [-0.4, -0.2) is 48.0 Å². The van der Waals surface area contributed by atoms with Crippen molar-refractivity contribution in [3.05, 3.63) is 29.8 Å². The smallest absolute Gasteiger partial charge is 0.405 e. The number of aliphatic hydroxyl groups excluding tert-OH is 1. The summed E-state index contributed by atoms with van der Waals surface area (Å²) in [6.45, 7) is -3.21. The van der Waals surface area contributed by atoms with Gasteiger partial charge in [-0.25, -0.2) is 4.79 Å². The van der Waals surface area contributed by atoms with Gasteiger partial charge >= 0.3 is 12.7 Å². The Morgan fingerprint density at radius 2 is 1.86 bits per heavy atom. The average molecular weight is 318 g/mol. The highest BCUT2D eigenvalue weighted by molar-refractivity contribution is 5.85. The van der Waals surface area contributed by atoms with Crippen LogP contribution in [0, 0.1) is 0 Å². The number of ether oxygens (including phenoxy) is 1. The van der Waals surface area contributed by atoms with Gasteiger partial charge in [0.1, 0.15) is 11.8 Å². The van der Waals surface area contributed by atoms with Gasteiger partial charge in [-0.2, -0.15) is 8.78 Å². The largest absolute Gasteiger partial charge is 0.465 e. The Morgan fingerprint density at radius 1 is 1.23 bits per heavy atom. The molecule has 0 heterocycles. The molecule has 0 aliphatic rings. The van der Waals surface area contributed by atoms with Gasteiger partial charge in [0.15, 0.2) is 0 Å². The molecular formula is C13H16F2N2O5. The van der Waals surface area contributed by atoms with Crippen LogP contribution in [0.15, 0.2) is 24.3 Å². The molecule has 0 bridgehead atoms. The van der Waals surface area contributed by atoms with Crippen LogP contribution in [0.3, 0.4) is 0 Å². The lowest BCUT2D eigenvalue weighted by Crippen LogP contribution is -2.48. The number of carbonyl (C=O) groups is 2. The summed E-state index contributed by atoms with van der Waals surface area (Å²) in [6.07, 6.45) is -1.35. The summed E-state index contributed by atoms with van der Waals surface area (Å²) >= 11 is 0. The van der Waals surface area contributed by atoms with Gasteiger partial charge in [0, 0.05) is 13.0 Å². The molecule has 0 saturated carbocycles. The third-order valence-electron chi connectivity index (χ3n) is 2.61. The Kier molecular flexibility index (Phi) is 7.03. The minimum absolute atomic E-state index is 0.00218. The molecule has 7 nitrogen and oxygen atoms in total. The lowest BCUT2D eigenvalue weighted by molar-refractivity contribution is -0.123. The van der Waals surface area contributed by atoms with Gasteiger partial charge in [-0.05, 0) is 17.7 Å². The maximum absolute atomic E-state index is 12.0. The molecule has 0 aliphatic heterocycles. The number of benzene rings is 1. The molecule has 1 aromatic carbocycles. The Bertz CT molecular complexity index is 496. The fourth-order valence-electron chi connectivity index (χ4n) is 1.70. The molecule has 0 saturated heterocycles. The molecule has 0 aromatic heterocycles. The Morgan fingerprint density at radius 3 is 2.36 bits per heavy atom. The van der Waals surface area contributed by atoms with Crippen LogP contribution in [-0.2, 0) is 11.2 Å². The first kappa shape index (κ1) is 17.6. The minimum atomic E-state index is -2.93. The van der Waals surface area contributed by atoms with Crippen molar-refractivity contribution in [2.45, 2.75) is 19.1 Å². The number of amides is 2. The molecule has 0 spiro atoms. The van der Waals surface area contributed by atoms with Crippen LogP contribution >= 0.6 is 0 Å². The fraction of sp³-hybridized carbons (Fsp3) is 0.385. The van der Waals surface area contributed by atoms with Gasteiger partial charge in [-0.1, -0.05) is 12.1 Å². The molecule has 1 atom stereocenters. The number of carboxylic acid groups (broad SMARTS) is 1. The highest BCUT2D eigenvalue weighted by Gasteiger charge is 2.20. The molecule has 1 aromatic rings. The molecule has 0 unspecified atom stereocenters. The summed E-state index contributed by atoms with van der Waals surface area (Å²) in [5, 5.41) is 21.8. The third kappa shape index (κ3) is 6.35. The number of nitrogens with one attached hydrogen (secondary N) is 2. The van der Waals surface area contributed by atoms with Crippen molar-refractivity contribution in [1.29, 1.82) is 0 Å². The van der Waals surface area contributed by atoms with E-state index in [-0.39, 0.29) is 25.3 Å². The van der Waals surface area contributed by atoms with Crippen molar-refractivity contribution in [3.8, 4) is 5.75 Å². The number of aliphatic hydroxyl groups is 1. The summed E-state index contributed by atoms with van der Waals surface area (Å²) < 4.78 is 28.2. The van der Waals surface area contributed by atoms with Crippen molar-refractivity contribution in [3.63, 3.8) is 0 Å². The summed E-state index contributed by atoms with van der Waals surface area (Å²) in [6, 6.07) is 4.43. The SMILES string of the molecule is O=C(O)N[C@@H](Cc1ccc(OC(F)F)cc1)C(=O)NCCO. The standard InChI is InChI=1S/C13H16F2N2O5/c14-12(15)22-9-3-1-8(2-4-9)7-10(17-13(20)21)11(19)16-5-6-18/h1-4,10,12,17-18H,5-7H2,(H,16,19)(H,20,21)/t10-/m0/s1. The van der Waals surface area contributed by atoms with Gasteiger partial charge in [0.25, 0.3) is 0 Å². The average Bonchev–Trinajstić information content (AvgIpc) is 2.45. The lowest BCUT2D eigenvalue weighted by atomic mass is 10.1. The first-order valence-corrected chi connectivity index (χ1v) is 6.34. The lowest BCUT2D eigenvalue weighted by Gasteiger charge is -2.16. The van der Waals surface area contributed by atoms with Crippen LogP contribution in [0.4, 0.5) is 13.6 Å². The number of carbonyl (C=O) groups excluding carboxylic acids is 1. The molecule has 4 N–H and O–H groups in total. The maximum atomic E-state index is 12.0. The maximum Gasteiger partial charge on any atom is 0.405 e. The second-order valence-corrected chi connectivity index (χ2v) is 4.24. The van der Waals surface area contributed by atoms with E-state index in [1.807, 2.05) is 0 Å². The van der Waals surface area contributed by atoms with Crippen LogP contribution in [0.2, 0.25) is 0 Å². The predicted octanol–water partition coefficient (Wildman–Crippen LogP) is 0.575. The molecule has 1 rings (SSSR count). The van der Waals surface area contributed by atoms with Gasteiger partial charge in [-0.3, -0.25) is 4.79 Å². The highest BCUT2D eigenvalue weighted by Crippen LogP contribution is 2.15. The van der Waals surface area contributed by atoms with Gasteiger partial charge in [0.2, 0.25) is 5.91 Å². The van der Waals surface area contributed by atoms with Crippen molar-refractivity contribution in [2.24, 2.45) is 0 Å². The van der Waals surface area contributed by atoms with E-state index in [2.05, 4.69) is 15.4 Å².